The Labute approximate surface area is 195 Å². The molecule has 4 fully saturated rings. The first kappa shape index (κ1) is 21.5. The minimum Gasteiger partial charge on any atom is -0.354 e. The Hall–Kier alpha value is -2.33. The molecule has 2 aromatic carbocycles. The molecule has 168 valence electrons. The number of hydrogen-bond donors (Lipinski definition) is 2. The van der Waals surface area contributed by atoms with Gasteiger partial charge in [0.1, 0.15) is 0 Å². The highest BCUT2D eigenvalue weighted by molar-refractivity contribution is 6.33. The van der Waals surface area contributed by atoms with Gasteiger partial charge in [-0.25, -0.2) is 0 Å². The summed E-state index contributed by atoms with van der Waals surface area (Å²) in [5, 5.41) is 6.46. The normalized spacial score (nSPS) is 30.2. The first-order chi connectivity index (χ1) is 15.4. The van der Waals surface area contributed by atoms with E-state index in [1.807, 2.05) is 0 Å². The van der Waals surface area contributed by atoms with Crippen LogP contribution in [0.4, 0.5) is 0 Å². The first-order valence-electron chi connectivity index (χ1n) is 11.8. The SMILES string of the molecule is Cc1ccc(C23CC4CC(CC(C(=O)NCCNC(=O)c5ccccc5Cl)(C4)C2)C3)cc1. The molecule has 2 unspecified atom stereocenters. The summed E-state index contributed by atoms with van der Waals surface area (Å²) in [6.07, 6.45) is 6.68. The van der Waals surface area contributed by atoms with E-state index in [0.29, 0.717) is 35.5 Å². The fourth-order valence-corrected chi connectivity index (χ4v) is 7.27. The van der Waals surface area contributed by atoms with Crippen LogP contribution in [0.3, 0.4) is 0 Å². The number of carbonyl (C=O) groups excluding carboxylic acids is 2. The molecule has 0 spiro atoms. The quantitative estimate of drug-likeness (QED) is 0.606. The standard InChI is InChI=1S/C27H31ClN2O2/c1-18-6-8-21(9-7-18)26-13-19-12-20(14-26)16-27(15-19,17-26)25(32)30-11-10-29-24(31)22-4-2-3-5-23(22)28/h2-9,19-20H,10-17H2,1H3,(H,29,31)(H,30,32). The first-order valence-corrected chi connectivity index (χ1v) is 12.2. The van der Waals surface area contributed by atoms with Crippen molar-refractivity contribution in [1.29, 1.82) is 0 Å². The van der Waals surface area contributed by atoms with E-state index in [2.05, 4.69) is 41.8 Å². The van der Waals surface area contributed by atoms with Gasteiger partial charge in [0.05, 0.1) is 16.0 Å². The molecule has 0 radical (unpaired) electrons. The summed E-state index contributed by atoms with van der Waals surface area (Å²) in [7, 11) is 0. The summed E-state index contributed by atoms with van der Waals surface area (Å²) >= 11 is 6.10. The van der Waals surface area contributed by atoms with E-state index < -0.39 is 0 Å². The van der Waals surface area contributed by atoms with Crippen LogP contribution in [0, 0.1) is 24.2 Å². The van der Waals surface area contributed by atoms with E-state index in [0.717, 1.165) is 19.3 Å². The maximum absolute atomic E-state index is 13.4. The van der Waals surface area contributed by atoms with Crippen molar-refractivity contribution in [3.63, 3.8) is 0 Å². The Bertz CT molecular complexity index is 1020. The molecule has 0 saturated heterocycles. The Kier molecular flexibility index (Phi) is 5.53. The molecule has 4 nitrogen and oxygen atoms in total. The van der Waals surface area contributed by atoms with Crippen molar-refractivity contribution >= 4 is 23.4 Å². The second-order valence-corrected chi connectivity index (χ2v) is 10.8. The molecule has 2 atom stereocenters. The predicted octanol–water partition coefficient (Wildman–Crippen LogP) is 5.03. The van der Waals surface area contributed by atoms with Crippen LogP contribution >= 0.6 is 11.6 Å². The molecular formula is C27H31ClN2O2. The number of halogens is 1. The van der Waals surface area contributed by atoms with Crippen LogP contribution in [0.25, 0.3) is 0 Å². The van der Waals surface area contributed by atoms with Gasteiger partial charge in [-0.1, -0.05) is 53.6 Å². The predicted molar refractivity (Wildman–Crippen MR) is 127 cm³/mol. The monoisotopic (exact) mass is 450 g/mol. The highest BCUT2D eigenvalue weighted by atomic mass is 35.5. The van der Waals surface area contributed by atoms with Gasteiger partial charge in [0.2, 0.25) is 5.91 Å². The summed E-state index contributed by atoms with van der Waals surface area (Å²) in [6.45, 7) is 2.95. The molecule has 5 heteroatoms. The lowest BCUT2D eigenvalue weighted by atomic mass is 9.42. The zero-order chi connectivity index (χ0) is 22.3. The van der Waals surface area contributed by atoms with Gasteiger partial charge in [-0.2, -0.15) is 0 Å². The molecule has 6 rings (SSSR count). The topological polar surface area (TPSA) is 58.2 Å². The molecular weight excluding hydrogens is 420 g/mol. The largest absolute Gasteiger partial charge is 0.354 e. The maximum Gasteiger partial charge on any atom is 0.252 e. The maximum atomic E-state index is 13.4. The van der Waals surface area contributed by atoms with Crippen molar-refractivity contribution in [2.24, 2.45) is 17.3 Å². The molecule has 0 heterocycles. The van der Waals surface area contributed by atoms with E-state index in [1.165, 1.54) is 30.4 Å². The number of aryl methyl sites for hydroxylation is 1. The fraction of sp³-hybridized carbons (Fsp3) is 0.481. The third-order valence-electron chi connectivity index (χ3n) is 8.02. The average Bonchev–Trinajstić information content (AvgIpc) is 2.76. The second kappa shape index (κ2) is 8.22. The summed E-state index contributed by atoms with van der Waals surface area (Å²) in [6, 6.07) is 16.0. The molecule has 32 heavy (non-hydrogen) atoms. The number of rotatable bonds is 6. The Morgan fingerprint density at radius 3 is 2.28 bits per heavy atom. The van der Waals surface area contributed by atoms with Crippen molar-refractivity contribution in [3.05, 3.63) is 70.2 Å². The molecule has 0 aromatic heterocycles. The Morgan fingerprint density at radius 2 is 1.59 bits per heavy atom. The molecule has 4 aliphatic rings. The lowest BCUT2D eigenvalue weighted by molar-refractivity contribution is -0.149. The summed E-state index contributed by atoms with van der Waals surface area (Å²) in [5.74, 6) is 1.25. The Balaban J connectivity index is 1.23. The highest BCUT2D eigenvalue weighted by Gasteiger charge is 2.60. The van der Waals surface area contributed by atoms with Crippen LogP contribution in [0.15, 0.2) is 48.5 Å². The van der Waals surface area contributed by atoms with E-state index in [-0.39, 0.29) is 22.6 Å². The van der Waals surface area contributed by atoms with Gasteiger partial charge in [-0.15, -0.1) is 0 Å². The number of nitrogens with one attached hydrogen (secondary N) is 2. The van der Waals surface area contributed by atoms with E-state index >= 15 is 0 Å². The lowest BCUT2D eigenvalue weighted by Crippen LogP contribution is -2.59. The smallest absolute Gasteiger partial charge is 0.252 e. The Morgan fingerprint density at radius 1 is 0.938 bits per heavy atom. The van der Waals surface area contributed by atoms with Crippen LogP contribution < -0.4 is 10.6 Å². The molecule has 2 amide bonds. The summed E-state index contributed by atoms with van der Waals surface area (Å²) in [4.78, 5) is 25.8. The van der Waals surface area contributed by atoms with Crippen molar-refractivity contribution in [2.75, 3.05) is 13.1 Å². The molecule has 4 saturated carbocycles. The molecule has 0 aliphatic heterocycles. The number of carbonyl (C=O) groups is 2. The lowest BCUT2D eigenvalue weighted by Gasteiger charge is -2.61. The van der Waals surface area contributed by atoms with E-state index in [9.17, 15) is 9.59 Å². The third-order valence-corrected chi connectivity index (χ3v) is 8.35. The summed E-state index contributed by atoms with van der Waals surface area (Å²) < 4.78 is 0. The van der Waals surface area contributed by atoms with E-state index in [4.69, 9.17) is 11.6 Å². The van der Waals surface area contributed by atoms with Crippen molar-refractivity contribution in [3.8, 4) is 0 Å². The fourth-order valence-electron chi connectivity index (χ4n) is 7.05. The van der Waals surface area contributed by atoms with Gasteiger partial charge in [0, 0.05) is 13.1 Å². The van der Waals surface area contributed by atoms with E-state index in [1.54, 1.807) is 24.3 Å². The minimum atomic E-state index is -0.262. The van der Waals surface area contributed by atoms with Gasteiger partial charge in [-0.3, -0.25) is 9.59 Å². The van der Waals surface area contributed by atoms with Crippen molar-refractivity contribution < 1.29 is 9.59 Å². The minimum absolute atomic E-state index is 0.146. The van der Waals surface area contributed by atoms with Crippen molar-refractivity contribution in [2.45, 2.75) is 50.9 Å². The van der Waals surface area contributed by atoms with Gasteiger partial charge in [0.15, 0.2) is 0 Å². The highest BCUT2D eigenvalue weighted by Crippen LogP contribution is 2.65. The number of benzene rings is 2. The van der Waals surface area contributed by atoms with Crippen LogP contribution in [0.1, 0.15) is 60.0 Å². The zero-order valence-corrected chi connectivity index (χ0v) is 19.4. The average molecular weight is 451 g/mol. The van der Waals surface area contributed by atoms with Gasteiger partial charge < -0.3 is 10.6 Å². The van der Waals surface area contributed by atoms with Crippen LogP contribution in [-0.4, -0.2) is 24.9 Å². The molecule has 4 bridgehead atoms. The number of amides is 2. The molecule has 2 aromatic rings. The van der Waals surface area contributed by atoms with Gasteiger partial charge >= 0.3 is 0 Å². The van der Waals surface area contributed by atoms with Crippen LogP contribution in [0.2, 0.25) is 5.02 Å². The van der Waals surface area contributed by atoms with Crippen LogP contribution in [-0.2, 0) is 10.2 Å². The zero-order valence-electron chi connectivity index (χ0n) is 18.6. The third kappa shape index (κ3) is 3.83. The summed E-state index contributed by atoms with van der Waals surface area (Å²) in [5.41, 5.74) is 3.04. The van der Waals surface area contributed by atoms with Crippen molar-refractivity contribution in [1.82, 2.24) is 10.6 Å². The van der Waals surface area contributed by atoms with Gasteiger partial charge in [-0.05, 0) is 80.4 Å². The van der Waals surface area contributed by atoms with Crippen LogP contribution in [0.5, 0.6) is 0 Å². The van der Waals surface area contributed by atoms with Gasteiger partial charge in [0.25, 0.3) is 5.91 Å². The second-order valence-electron chi connectivity index (χ2n) is 10.4. The molecule has 2 N–H and O–H groups in total. The number of hydrogen-bond acceptors (Lipinski definition) is 2. The molecule has 4 aliphatic carbocycles.